The van der Waals surface area contributed by atoms with Crippen molar-refractivity contribution >= 4 is 15.9 Å². The molecule has 0 radical (unpaired) electrons. The number of carbonyl (C=O) groups is 1. The molecule has 4 rings (SSSR count). The van der Waals surface area contributed by atoms with Gasteiger partial charge in [0, 0.05) is 19.0 Å². The van der Waals surface area contributed by atoms with E-state index in [2.05, 4.69) is 5.32 Å². The van der Waals surface area contributed by atoms with E-state index in [4.69, 9.17) is 9.47 Å². The van der Waals surface area contributed by atoms with Gasteiger partial charge in [-0.1, -0.05) is 24.3 Å². The molecule has 7 nitrogen and oxygen atoms in total. The highest BCUT2D eigenvalue weighted by Gasteiger charge is 2.31. The zero-order valence-electron chi connectivity index (χ0n) is 17.0. The zero-order valence-corrected chi connectivity index (χ0v) is 17.8. The number of halogens is 1. The Morgan fingerprint density at radius 3 is 2.45 bits per heavy atom. The van der Waals surface area contributed by atoms with Crippen molar-refractivity contribution < 1.29 is 27.1 Å². The lowest BCUT2D eigenvalue weighted by Crippen LogP contribution is -2.46. The minimum Gasteiger partial charge on any atom is -0.486 e. The highest BCUT2D eigenvalue weighted by Crippen LogP contribution is 2.30. The van der Waals surface area contributed by atoms with Crippen LogP contribution in [0.25, 0.3) is 0 Å². The smallest absolute Gasteiger partial charge is 0.223 e. The molecule has 9 heteroatoms. The fourth-order valence-corrected chi connectivity index (χ4v) is 5.36. The summed E-state index contributed by atoms with van der Waals surface area (Å²) in [6, 6.07) is 12.8. The molecule has 0 spiro atoms. The highest BCUT2D eigenvalue weighted by atomic mass is 32.2. The molecule has 2 aliphatic rings. The van der Waals surface area contributed by atoms with Gasteiger partial charge in [0.25, 0.3) is 0 Å². The van der Waals surface area contributed by atoms with Gasteiger partial charge in [0.2, 0.25) is 15.9 Å². The van der Waals surface area contributed by atoms with Crippen molar-refractivity contribution in [3.63, 3.8) is 0 Å². The molecule has 2 aromatic carbocycles. The predicted octanol–water partition coefficient (Wildman–Crippen LogP) is 2.32. The number of carbonyl (C=O) groups excluding carboxylic acids is 1. The van der Waals surface area contributed by atoms with Gasteiger partial charge in [-0.15, -0.1) is 0 Å². The molecule has 1 saturated heterocycles. The zero-order chi connectivity index (χ0) is 21.8. The van der Waals surface area contributed by atoms with E-state index in [1.54, 1.807) is 0 Å². The molecule has 0 aromatic heterocycles. The summed E-state index contributed by atoms with van der Waals surface area (Å²) < 4.78 is 51.2. The van der Waals surface area contributed by atoms with E-state index in [1.807, 2.05) is 24.3 Å². The summed E-state index contributed by atoms with van der Waals surface area (Å²) >= 11 is 0. The van der Waals surface area contributed by atoms with Gasteiger partial charge < -0.3 is 14.8 Å². The minimum absolute atomic E-state index is 0.0990. The number of ether oxygens (including phenoxy) is 2. The van der Waals surface area contributed by atoms with Crippen molar-refractivity contribution in [1.29, 1.82) is 0 Å². The number of nitrogens with one attached hydrogen (secondary N) is 1. The molecule has 2 aromatic rings. The van der Waals surface area contributed by atoms with Crippen molar-refractivity contribution in [3.8, 4) is 11.5 Å². The Morgan fingerprint density at radius 1 is 1.06 bits per heavy atom. The van der Waals surface area contributed by atoms with Crippen LogP contribution in [0.4, 0.5) is 4.39 Å². The molecule has 1 amide bonds. The van der Waals surface area contributed by atoms with Gasteiger partial charge >= 0.3 is 0 Å². The second kappa shape index (κ2) is 9.23. The number of rotatable bonds is 6. The lowest BCUT2D eigenvalue weighted by Gasteiger charge is -2.31. The number of piperidine rings is 1. The van der Waals surface area contributed by atoms with Crippen molar-refractivity contribution in [2.75, 3.05) is 26.2 Å². The lowest BCUT2D eigenvalue weighted by atomic mass is 9.97. The minimum atomic E-state index is -3.51. The molecule has 0 aliphatic carbocycles. The summed E-state index contributed by atoms with van der Waals surface area (Å²) in [5.74, 6) is 0.436. The van der Waals surface area contributed by atoms with Crippen LogP contribution >= 0.6 is 0 Å². The maximum Gasteiger partial charge on any atom is 0.223 e. The van der Waals surface area contributed by atoms with Crippen LogP contribution in [0.1, 0.15) is 18.4 Å². The van der Waals surface area contributed by atoms with Crippen LogP contribution in [-0.2, 0) is 20.6 Å². The van der Waals surface area contributed by atoms with Gasteiger partial charge in [0.1, 0.15) is 18.5 Å². The summed E-state index contributed by atoms with van der Waals surface area (Å²) in [4.78, 5) is 12.6. The first-order valence-corrected chi connectivity index (χ1v) is 11.9. The van der Waals surface area contributed by atoms with Crippen molar-refractivity contribution in [3.05, 3.63) is 59.9 Å². The summed E-state index contributed by atoms with van der Waals surface area (Å²) in [6.45, 7) is 1.27. The van der Waals surface area contributed by atoms with Gasteiger partial charge in [-0.2, -0.15) is 0 Å². The monoisotopic (exact) mass is 448 g/mol. The second-order valence-electron chi connectivity index (χ2n) is 7.80. The Bertz CT molecular complexity index is 1020. The predicted molar refractivity (Wildman–Crippen MR) is 113 cm³/mol. The van der Waals surface area contributed by atoms with E-state index in [-0.39, 0.29) is 36.8 Å². The largest absolute Gasteiger partial charge is 0.486 e. The molecule has 166 valence electrons. The van der Waals surface area contributed by atoms with Gasteiger partial charge in [-0.3, -0.25) is 4.79 Å². The third-order valence-electron chi connectivity index (χ3n) is 5.55. The van der Waals surface area contributed by atoms with E-state index in [9.17, 15) is 17.6 Å². The summed E-state index contributed by atoms with van der Waals surface area (Å²) in [5, 5.41) is 2.90. The Labute approximate surface area is 181 Å². The van der Waals surface area contributed by atoms with Crippen LogP contribution in [0.15, 0.2) is 48.5 Å². The van der Waals surface area contributed by atoms with Crippen molar-refractivity contribution in [1.82, 2.24) is 9.62 Å². The summed E-state index contributed by atoms with van der Waals surface area (Å²) in [6.07, 6.45) is 0.647. The quantitative estimate of drug-likeness (QED) is 0.733. The molecule has 0 unspecified atom stereocenters. The second-order valence-corrected chi connectivity index (χ2v) is 9.77. The summed E-state index contributed by atoms with van der Waals surface area (Å²) in [7, 11) is -3.51. The number of hydrogen-bond acceptors (Lipinski definition) is 5. The molecule has 2 heterocycles. The third-order valence-corrected chi connectivity index (χ3v) is 7.40. The molecule has 0 saturated carbocycles. The standard InChI is InChI=1S/C22H25FN2O5S/c23-18-7-5-16(6-8-18)15-31(27,28)25-11-9-17(10-12-25)22(26)24-13-19-14-29-20-3-1-2-4-21(20)30-19/h1-8,17,19H,9-15H2,(H,24,26)/t19-/m0/s1. The Hall–Kier alpha value is -2.65. The Kier molecular flexibility index (Phi) is 6.43. The first-order valence-electron chi connectivity index (χ1n) is 10.3. The molecule has 1 atom stereocenters. The van der Waals surface area contributed by atoms with E-state index in [0.717, 1.165) is 0 Å². The molecular weight excluding hydrogens is 423 g/mol. The molecule has 2 aliphatic heterocycles. The number of para-hydroxylation sites is 2. The Morgan fingerprint density at radius 2 is 1.74 bits per heavy atom. The van der Waals surface area contributed by atoms with Crippen LogP contribution in [0, 0.1) is 11.7 Å². The number of sulfonamides is 1. The fourth-order valence-electron chi connectivity index (χ4n) is 3.80. The molecule has 1 N–H and O–H groups in total. The van der Waals surface area contributed by atoms with Crippen LogP contribution < -0.4 is 14.8 Å². The average Bonchev–Trinajstić information content (AvgIpc) is 2.79. The molecular formula is C22H25FN2O5S. The highest BCUT2D eigenvalue weighted by molar-refractivity contribution is 7.88. The maximum atomic E-state index is 13.0. The number of amides is 1. The fraction of sp³-hybridized carbons (Fsp3) is 0.409. The van der Waals surface area contributed by atoms with Crippen LogP contribution in [0.2, 0.25) is 0 Å². The average molecular weight is 449 g/mol. The van der Waals surface area contributed by atoms with Crippen molar-refractivity contribution in [2.45, 2.75) is 24.7 Å². The van der Waals surface area contributed by atoms with E-state index in [1.165, 1.54) is 28.6 Å². The molecule has 31 heavy (non-hydrogen) atoms. The van der Waals surface area contributed by atoms with Gasteiger partial charge in [-0.25, -0.2) is 17.1 Å². The molecule has 1 fully saturated rings. The van der Waals surface area contributed by atoms with Crippen molar-refractivity contribution in [2.24, 2.45) is 5.92 Å². The van der Waals surface area contributed by atoms with E-state index in [0.29, 0.717) is 43.1 Å². The van der Waals surface area contributed by atoms with Crippen LogP contribution in [0.5, 0.6) is 11.5 Å². The lowest BCUT2D eigenvalue weighted by molar-refractivity contribution is -0.126. The number of nitrogens with zero attached hydrogens (tertiary/aromatic N) is 1. The molecule has 0 bridgehead atoms. The first-order chi connectivity index (χ1) is 14.9. The first kappa shape index (κ1) is 21.6. The van der Waals surface area contributed by atoms with Crippen LogP contribution in [0.3, 0.4) is 0 Å². The van der Waals surface area contributed by atoms with Gasteiger partial charge in [0.15, 0.2) is 11.5 Å². The van der Waals surface area contributed by atoms with Gasteiger partial charge in [0.05, 0.1) is 12.3 Å². The maximum absolute atomic E-state index is 13.0. The Balaban J connectivity index is 1.24. The SMILES string of the molecule is O=C(NC[C@H]1COc2ccccc2O1)C1CCN(S(=O)(=O)Cc2ccc(F)cc2)CC1. The third kappa shape index (κ3) is 5.34. The van der Waals surface area contributed by atoms with Gasteiger partial charge in [-0.05, 0) is 42.7 Å². The topological polar surface area (TPSA) is 84.9 Å². The number of fused-ring (bicyclic) bond motifs is 1. The van der Waals surface area contributed by atoms with E-state index >= 15 is 0 Å². The normalized spacial score (nSPS) is 19.7. The number of hydrogen-bond donors (Lipinski definition) is 1. The van der Waals surface area contributed by atoms with Crippen LogP contribution in [-0.4, -0.2) is 51.0 Å². The van der Waals surface area contributed by atoms with E-state index < -0.39 is 15.8 Å². The number of benzene rings is 2. The summed E-state index contributed by atoms with van der Waals surface area (Å²) in [5.41, 5.74) is 0.539.